The zero-order valence-electron chi connectivity index (χ0n) is 17.7. The van der Waals surface area contributed by atoms with E-state index in [2.05, 4.69) is 15.6 Å². The lowest BCUT2D eigenvalue weighted by atomic mass is 10.1. The van der Waals surface area contributed by atoms with Crippen LogP contribution in [-0.2, 0) is 21.2 Å². The number of hydrogen-bond acceptors (Lipinski definition) is 6. The summed E-state index contributed by atoms with van der Waals surface area (Å²) in [5.74, 6) is 0.0973. The van der Waals surface area contributed by atoms with Gasteiger partial charge >= 0.3 is 0 Å². The number of carbonyl (C=O) groups is 2. The summed E-state index contributed by atoms with van der Waals surface area (Å²) in [6.07, 6.45) is 1.35. The molecular formula is C21H27N3O6S. The molecule has 0 aromatic heterocycles. The molecule has 31 heavy (non-hydrogen) atoms. The first kappa shape index (κ1) is 24.2. The van der Waals surface area contributed by atoms with Gasteiger partial charge in [0, 0.05) is 12.0 Å². The Hall–Kier alpha value is -3.11. The van der Waals surface area contributed by atoms with Gasteiger partial charge in [-0.15, -0.1) is 0 Å². The Morgan fingerprint density at radius 1 is 1.00 bits per heavy atom. The highest BCUT2D eigenvalue weighted by Gasteiger charge is 2.13. The third kappa shape index (κ3) is 6.97. The van der Waals surface area contributed by atoms with E-state index in [4.69, 9.17) is 9.47 Å². The van der Waals surface area contributed by atoms with Crippen LogP contribution in [0.3, 0.4) is 0 Å². The van der Waals surface area contributed by atoms with Crippen LogP contribution < -0.4 is 25.0 Å². The highest BCUT2D eigenvalue weighted by Crippen LogP contribution is 2.28. The van der Waals surface area contributed by atoms with Gasteiger partial charge in [-0.3, -0.25) is 20.4 Å². The molecule has 0 heterocycles. The minimum absolute atomic E-state index is 0.117. The quantitative estimate of drug-likeness (QED) is 0.475. The molecule has 2 aromatic carbocycles. The number of nitrogens with one attached hydrogen (secondary N) is 3. The van der Waals surface area contributed by atoms with E-state index in [-0.39, 0.29) is 17.2 Å². The first-order valence-corrected chi connectivity index (χ1v) is 11.2. The lowest BCUT2D eigenvalue weighted by Gasteiger charge is -2.12. The maximum atomic E-state index is 12.3. The highest BCUT2D eigenvalue weighted by molar-refractivity contribution is 7.89. The average molecular weight is 450 g/mol. The third-order valence-corrected chi connectivity index (χ3v) is 5.78. The zero-order chi connectivity index (χ0) is 22.9. The molecule has 2 amide bonds. The third-order valence-electron chi connectivity index (χ3n) is 4.35. The predicted molar refractivity (Wildman–Crippen MR) is 115 cm³/mol. The van der Waals surface area contributed by atoms with E-state index in [1.807, 2.05) is 6.92 Å². The smallest absolute Gasteiger partial charge is 0.269 e. The first-order chi connectivity index (χ1) is 14.8. The van der Waals surface area contributed by atoms with Gasteiger partial charge < -0.3 is 9.47 Å². The Labute approximate surface area is 182 Å². The highest BCUT2D eigenvalue weighted by atomic mass is 32.2. The Morgan fingerprint density at radius 3 is 2.32 bits per heavy atom. The SMILES string of the molecule is CCCOc1ccc(C(=O)NNC(=O)CCc2ccc(S(=O)(=O)NC)cc2)cc1OC. The van der Waals surface area contributed by atoms with Crippen molar-refractivity contribution in [2.24, 2.45) is 0 Å². The fourth-order valence-corrected chi connectivity index (χ4v) is 3.34. The molecule has 9 nitrogen and oxygen atoms in total. The number of ether oxygens (including phenoxy) is 2. The average Bonchev–Trinajstić information content (AvgIpc) is 2.79. The van der Waals surface area contributed by atoms with Crippen LogP contribution in [0, 0.1) is 0 Å². The number of benzene rings is 2. The van der Waals surface area contributed by atoms with E-state index in [9.17, 15) is 18.0 Å². The summed E-state index contributed by atoms with van der Waals surface area (Å²) in [6.45, 7) is 2.52. The summed E-state index contributed by atoms with van der Waals surface area (Å²) >= 11 is 0. The lowest BCUT2D eigenvalue weighted by Crippen LogP contribution is -2.41. The summed E-state index contributed by atoms with van der Waals surface area (Å²) in [6, 6.07) is 11.0. The number of hydrogen-bond donors (Lipinski definition) is 3. The minimum atomic E-state index is -3.50. The number of rotatable bonds is 10. The zero-order valence-corrected chi connectivity index (χ0v) is 18.5. The minimum Gasteiger partial charge on any atom is -0.493 e. The fraction of sp³-hybridized carbons (Fsp3) is 0.333. The summed E-state index contributed by atoms with van der Waals surface area (Å²) in [5.41, 5.74) is 5.83. The van der Waals surface area contributed by atoms with Crippen LogP contribution in [0.5, 0.6) is 11.5 Å². The lowest BCUT2D eigenvalue weighted by molar-refractivity contribution is -0.121. The van der Waals surface area contributed by atoms with Gasteiger partial charge in [-0.1, -0.05) is 19.1 Å². The molecule has 0 fully saturated rings. The molecule has 0 bridgehead atoms. The topological polar surface area (TPSA) is 123 Å². The second-order valence-corrected chi connectivity index (χ2v) is 8.45. The molecule has 0 aliphatic rings. The monoisotopic (exact) mass is 449 g/mol. The summed E-state index contributed by atoms with van der Waals surface area (Å²) < 4.78 is 36.5. The number of aryl methyl sites for hydroxylation is 1. The molecule has 3 N–H and O–H groups in total. The molecule has 0 saturated heterocycles. The summed E-state index contributed by atoms with van der Waals surface area (Å²) in [7, 11) is -0.673. The van der Waals surface area contributed by atoms with Gasteiger partial charge in [-0.2, -0.15) is 0 Å². The molecule has 0 aliphatic heterocycles. The molecule has 168 valence electrons. The van der Waals surface area contributed by atoms with Crippen LogP contribution in [0.2, 0.25) is 0 Å². The van der Waals surface area contributed by atoms with Crippen molar-refractivity contribution in [3.8, 4) is 11.5 Å². The molecule has 0 radical (unpaired) electrons. The van der Waals surface area contributed by atoms with Crippen LogP contribution >= 0.6 is 0 Å². The number of sulfonamides is 1. The molecule has 2 aromatic rings. The van der Waals surface area contributed by atoms with Gasteiger partial charge in [0.1, 0.15) is 0 Å². The van der Waals surface area contributed by atoms with E-state index >= 15 is 0 Å². The van der Waals surface area contributed by atoms with Gasteiger partial charge in [0.2, 0.25) is 15.9 Å². The summed E-state index contributed by atoms with van der Waals surface area (Å²) in [5, 5.41) is 0. The molecule has 0 spiro atoms. The van der Waals surface area contributed by atoms with E-state index in [0.717, 1.165) is 12.0 Å². The van der Waals surface area contributed by atoms with Gasteiger partial charge in [-0.05, 0) is 55.8 Å². The number of carbonyl (C=O) groups excluding carboxylic acids is 2. The fourth-order valence-electron chi connectivity index (χ4n) is 2.61. The van der Waals surface area contributed by atoms with Crippen molar-refractivity contribution < 1.29 is 27.5 Å². The molecular weight excluding hydrogens is 422 g/mol. The molecule has 0 unspecified atom stereocenters. The summed E-state index contributed by atoms with van der Waals surface area (Å²) in [4.78, 5) is 24.5. The molecule has 0 atom stereocenters. The van der Waals surface area contributed by atoms with Crippen molar-refractivity contribution >= 4 is 21.8 Å². The Bertz CT molecular complexity index is 1010. The van der Waals surface area contributed by atoms with Crippen LogP contribution in [-0.4, -0.2) is 41.0 Å². The first-order valence-electron chi connectivity index (χ1n) is 9.73. The Morgan fingerprint density at radius 2 is 1.71 bits per heavy atom. The predicted octanol–water partition coefficient (Wildman–Crippen LogP) is 1.79. The van der Waals surface area contributed by atoms with Crippen molar-refractivity contribution in [2.45, 2.75) is 31.1 Å². The van der Waals surface area contributed by atoms with E-state index in [1.165, 1.54) is 32.4 Å². The van der Waals surface area contributed by atoms with Crippen LogP contribution in [0.15, 0.2) is 47.4 Å². The maximum absolute atomic E-state index is 12.3. The van der Waals surface area contributed by atoms with Gasteiger partial charge in [0.25, 0.3) is 5.91 Å². The largest absolute Gasteiger partial charge is 0.493 e. The van der Waals surface area contributed by atoms with Crippen molar-refractivity contribution in [3.05, 3.63) is 53.6 Å². The normalized spacial score (nSPS) is 10.9. The van der Waals surface area contributed by atoms with Crippen molar-refractivity contribution in [1.29, 1.82) is 0 Å². The number of amides is 2. The van der Waals surface area contributed by atoms with Crippen LogP contribution in [0.4, 0.5) is 0 Å². The maximum Gasteiger partial charge on any atom is 0.269 e. The van der Waals surface area contributed by atoms with Gasteiger partial charge in [0.15, 0.2) is 11.5 Å². The van der Waals surface area contributed by atoms with Crippen molar-refractivity contribution in [2.75, 3.05) is 20.8 Å². The number of methoxy groups -OCH3 is 1. The molecule has 10 heteroatoms. The molecule has 0 saturated carbocycles. The second kappa shape index (κ2) is 11.3. The van der Waals surface area contributed by atoms with E-state index in [1.54, 1.807) is 24.3 Å². The van der Waals surface area contributed by atoms with Crippen molar-refractivity contribution in [3.63, 3.8) is 0 Å². The van der Waals surface area contributed by atoms with Gasteiger partial charge in [0.05, 0.1) is 18.6 Å². The standard InChI is InChI=1S/C21H27N3O6S/c1-4-13-30-18-11-8-16(14-19(18)29-3)21(26)24-23-20(25)12-7-15-5-9-17(10-6-15)31(27,28)22-2/h5-6,8-11,14,22H,4,7,12-13H2,1-3H3,(H,23,25)(H,24,26). The van der Waals surface area contributed by atoms with Crippen molar-refractivity contribution in [1.82, 2.24) is 15.6 Å². The van der Waals surface area contributed by atoms with Gasteiger partial charge in [-0.25, -0.2) is 13.1 Å². The van der Waals surface area contributed by atoms with E-state index < -0.39 is 15.9 Å². The number of hydrazine groups is 1. The van der Waals surface area contributed by atoms with E-state index in [0.29, 0.717) is 30.1 Å². The molecule has 0 aliphatic carbocycles. The second-order valence-electron chi connectivity index (χ2n) is 6.57. The Balaban J connectivity index is 1.86. The van der Waals surface area contributed by atoms with Crippen LogP contribution in [0.25, 0.3) is 0 Å². The molecule has 2 rings (SSSR count). The van der Waals surface area contributed by atoms with Crippen LogP contribution in [0.1, 0.15) is 35.7 Å². The Kier molecular flexibility index (Phi) is 8.83.